The van der Waals surface area contributed by atoms with Gasteiger partial charge in [0.15, 0.2) is 0 Å². The van der Waals surface area contributed by atoms with Gasteiger partial charge >= 0.3 is 5.97 Å². The predicted octanol–water partition coefficient (Wildman–Crippen LogP) is 3.55. The Morgan fingerprint density at radius 1 is 1.50 bits per heavy atom. The van der Waals surface area contributed by atoms with Gasteiger partial charge in [0, 0.05) is 17.1 Å². The first-order chi connectivity index (χ1) is 9.55. The summed E-state index contributed by atoms with van der Waals surface area (Å²) in [4.78, 5) is 12.0. The molecule has 2 atom stereocenters. The smallest absolute Gasteiger partial charge is 0.310 e. The molecule has 20 heavy (non-hydrogen) atoms. The van der Waals surface area contributed by atoms with Gasteiger partial charge in [0.1, 0.15) is 0 Å². The van der Waals surface area contributed by atoms with E-state index in [-0.39, 0.29) is 17.4 Å². The van der Waals surface area contributed by atoms with Gasteiger partial charge < -0.3 is 10.1 Å². The van der Waals surface area contributed by atoms with Crippen molar-refractivity contribution < 1.29 is 9.53 Å². The highest BCUT2D eigenvalue weighted by Gasteiger charge is 2.41. The van der Waals surface area contributed by atoms with Gasteiger partial charge in [-0.05, 0) is 37.5 Å². The number of carbonyl (C=O) groups excluding carboxylic acids is 1. The molecule has 0 spiro atoms. The summed E-state index contributed by atoms with van der Waals surface area (Å²) in [5, 5.41) is 4.29. The molecule has 1 aliphatic rings. The third-order valence-corrected chi connectivity index (χ3v) is 4.51. The molecule has 4 heteroatoms. The van der Waals surface area contributed by atoms with Crippen molar-refractivity contribution >= 4 is 17.6 Å². The van der Waals surface area contributed by atoms with Crippen LogP contribution in [0.2, 0.25) is 5.02 Å². The largest absolute Gasteiger partial charge is 0.469 e. The van der Waals surface area contributed by atoms with Gasteiger partial charge in [-0.15, -0.1) is 0 Å². The number of methoxy groups -OCH3 is 1. The van der Waals surface area contributed by atoms with Crippen molar-refractivity contribution in [3.05, 3.63) is 34.9 Å². The Morgan fingerprint density at radius 3 is 3.00 bits per heavy atom. The van der Waals surface area contributed by atoms with E-state index in [1.807, 2.05) is 24.3 Å². The Labute approximate surface area is 125 Å². The highest BCUT2D eigenvalue weighted by Crippen LogP contribution is 2.34. The van der Waals surface area contributed by atoms with Crippen molar-refractivity contribution in [1.29, 1.82) is 0 Å². The summed E-state index contributed by atoms with van der Waals surface area (Å²) in [6.07, 6.45) is 4.12. The second kappa shape index (κ2) is 6.59. The lowest BCUT2D eigenvalue weighted by molar-refractivity contribution is -0.149. The second-order valence-electron chi connectivity index (χ2n) is 5.72. The van der Waals surface area contributed by atoms with E-state index in [0.29, 0.717) is 6.54 Å². The van der Waals surface area contributed by atoms with Crippen LogP contribution >= 0.6 is 11.6 Å². The fraction of sp³-hybridized carbons (Fsp3) is 0.562. The van der Waals surface area contributed by atoms with Crippen LogP contribution < -0.4 is 5.32 Å². The van der Waals surface area contributed by atoms with Crippen LogP contribution in [0.1, 0.15) is 38.2 Å². The zero-order valence-corrected chi connectivity index (χ0v) is 12.9. The quantitative estimate of drug-likeness (QED) is 0.863. The Kier molecular flexibility index (Phi) is 5.06. The van der Waals surface area contributed by atoms with Crippen LogP contribution in [0.15, 0.2) is 24.3 Å². The molecule has 1 aromatic rings. The molecule has 0 aromatic heterocycles. The molecular formula is C16H22ClNO2. The van der Waals surface area contributed by atoms with Gasteiger partial charge in [0.05, 0.1) is 13.0 Å². The first kappa shape index (κ1) is 15.3. The number of ether oxygens (including phenoxy) is 1. The number of hydrogen-bond donors (Lipinski definition) is 1. The van der Waals surface area contributed by atoms with Gasteiger partial charge in [-0.2, -0.15) is 0 Å². The maximum atomic E-state index is 12.0. The molecule has 1 saturated carbocycles. The van der Waals surface area contributed by atoms with Crippen molar-refractivity contribution in [2.75, 3.05) is 7.11 Å². The summed E-state index contributed by atoms with van der Waals surface area (Å²) < 4.78 is 4.96. The molecule has 0 radical (unpaired) electrons. The molecule has 0 bridgehead atoms. The zero-order chi connectivity index (χ0) is 14.6. The summed E-state index contributed by atoms with van der Waals surface area (Å²) in [5.74, 6) is -0.175. The number of carbonyl (C=O) groups is 1. The van der Waals surface area contributed by atoms with E-state index in [2.05, 4.69) is 12.2 Å². The Bertz CT molecular complexity index is 477. The van der Waals surface area contributed by atoms with Crippen LogP contribution in [0.3, 0.4) is 0 Å². The fourth-order valence-electron chi connectivity index (χ4n) is 3.02. The number of halogens is 1. The van der Waals surface area contributed by atoms with Crippen molar-refractivity contribution in [3.63, 3.8) is 0 Å². The molecule has 1 N–H and O–H groups in total. The highest BCUT2D eigenvalue weighted by atomic mass is 35.5. The molecule has 0 heterocycles. The third-order valence-electron chi connectivity index (χ3n) is 4.28. The maximum Gasteiger partial charge on any atom is 0.310 e. The van der Waals surface area contributed by atoms with Crippen LogP contribution in [0, 0.1) is 5.92 Å². The standard InChI is InChI=1S/C16H22ClNO2/c1-16(9-4-3-8-14(16)15(19)20-2)18-11-12-6-5-7-13(17)10-12/h5-7,10,14,18H,3-4,8-9,11H2,1-2H3/t14-,16-/m0/s1. The number of rotatable bonds is 4. The first-order valence-electron chi connectivity index (χ1n) is 7.12. The number of benzene rings is 1. The Morgan fingerprint density at radius 2 is 2.30 bits per heavy atom. The number of hydrogen-bond acceptors (Lipinski definition) is 3. The lowest BCUT2D eigenvalue weighted by Gasteiger charge is -2.40. The molecular weight excluding hydrogens is 274 g/mol. The van der Waals surface area contributed by atoms with Crippen LogP contribution in [-0.4, -0.2) is 18.6 Å². The van der Waals surface area contributed by atoms with E-state index in [9.17, 15) is 4.79 Å². The SMILES string of the molecule is COC(=O)[C@@H]1CCCC[C@]1(C)NCc1cccc(Cl)c1. The molecule has 1 fully saturated rings. The van der Waals surface area contributed by atoms with E-state index < -0.39 is 0 Å². The molecule has 3 nitrogen and oxygen atoms in total. The van der Waals surface area contributed by atoms with E-state index in [4.69, 9.17) is 16.3 Å². The van der Waals surface area contributed by atoms with E-state index in [1.165, 1.54) is 7.11 Å². The highest BCUT2D eigenvalue weighted by molar-refractivity contribution is 6.30. The fourth-order valence-corrected chi connectivity index (χ4v) is 3.23. The zero-order valence-electron chi connectivity index (χ0n) is 12.1. The van der Waals surface area contributed by atoms with Gasteiger partial charge in [-0.3, -0.25) is 4.79 Å². The van der Waals surface area contributed by atoms with Crippen molar-refractivity contribution in [2.45, 2.75) is 44.7 Å². The monoisotopic (exact) mass is 295 g/mol. The predicted molar refractivity (Wildman–Crippen MR) is 80.7 cm³/mol. The van der Waals surface area contributed by atoms with Gasteiger partial charge in [-0.1, -0.05) is 36.6 Å². The summed E-state index contributed by atoms with van der Waals surface area (Å²) in [6.45, 7) is 2.84. The first-order valence-corrected chi connectivity index (χ1v) is 7.50. The maximum absolute atomic E-state index is 12.0. The summed E-state index contributed by atoms with van der Waals surface area (Å²) in [6, 6.07) is 7.80. The van der Waals surface area contributed by atoms with Gasteiger partial charge in [0.25, 0.3) is 0 Å². The number of nitrogens with one attached hydrogen (secondary N) is 1. The Hall–Kier alpha value is -1.06. The van der Waals surface area contributed by atoms with E-state index >= 15 is 0 Å². The lowest BCUT2D eigenvalue weighted by atomic mass is 9.73. The van der Waals surface area contributed by atoms with Gasteiger partial charge in [0.2, 0.25) is 0 Å². The minimum Gasteiger partial charge on any atom is -0.469 e. The average molecular weight is 296 g/mol. The van der Waals surface area contributed by atoms with Gasteiger partial charge in [-0.25, -0.2) is 0 Å². The van der Waals surface area contributed by atoms with Crippen LogP contribution in [0.25, 0.3) is 0 Å². The minimum atomic E-state index is -0.201. The summed E-state index contributed by atoms with van der Waals surface area (Å²) in [7, 11) is 1.47. The van der Waals surface area contributed by atoms with E-state index in [1.54, 1.807) is 0 Å². The molecule has 2 rings (SSSR count). The van der Waals surface area contributed by atoms with Crippen molar-refractivity contribution in [3.8, 4) is 0 Å². The molecule has 1 aromatic carbocycles. The summed E-state index contributed by atoms with van der Waals surface area (Å²) in [5.41, 5.74) is 0.932. The third kappa shape index (κ3) is 3.53. The molecule has 0 saturated heterocycles. The molecule has 110 valence electrons. The number of esters is 1. The van der Waals surface area contributed by atoms with Crippen LogP contribution in [-0.2, 0) is 16.1 Å². The van der Waals surface area contributed by atoms with E-state index in [0.717, 1.165) is 36.3 Å². The minimum absolute atomic E-state index is 0.0690. The van der Waals surface area contributed by atoms with Crippen molar-refractivity contribution in [2.24, 2.45) is 5.92 Å². The van der Waals surface area contributed by atoms with Crippen molar-refractivity contribution in [1.82, 2.24) is 5.32 Å². The second-order valence-corrected chi connectivity index (χ2v) is 6.16. The molecule has 0 amide bonds. The molecule has 1 aliphatic carbocycles. The lowest BCUT2D eigenvalue weighted by Crippen LogP contribution is -2.53. The topological polar surface area (TPSA) is 38.3 Å². The van der Waals surface area contributed by atoms with Crippen LogP contribution in [0.4, 0.5) is 0 Å². The average Bonchev–Trinajstić information content (AvgIpc) is 2.45. The van der Waals surface area contributed by atoms with Crippen LogP contribution in [0.5, 0.6) is 0 Å². The normalized spacial score (nSPS) is 26.2. The summed E-state index contributed by atoms with van der Waals surface area (Å²) >= 11 is 6.00. The molecule has 0 aliphatic heterocycles. The molecule has 0 unspecified atom stereocenters. The Balaban J connectivity index is 2.06.